The van der Waals surface area contributed by atoms with Gasteiger partial charge in [0.25, 0.3) is 0 Å². The first-order chi connectivity index (χ1) is 16.6. The van der Waals surface area contributed by atoms with Gasteiger partial charge in [-0.15, -0.1) is 6.58 Å². The molecule has 34 heavy (non-hydrogen) atoms. The van der Waals surface area contributed by atoms with Crippen molar-refractivity contribution in [2.75, 3.05) is 20.2 Å². The van der Waals surface area contributed by atoms with Gasteiger partial charge in [-0.05, 0) is 74.9 Å². The molecule has 1 aliphatic carbocycles. The van der Waals surface area contributed by atoms with Crippen LogP contribution in [0.25, 0.3) is 5.69 Å². The van der Waals surface area contributed by atoms with E-state index in [2.05, 4.69) is 11.5 Å². The van der Waals surface area contributed by atoms with Gasteiger partial charge in [0.2, 0.25) is 5.88 Å². The highest BCUT2D eigenvalue weighted by Crippen LogP contribution is 2.34. The quantitative estimate of drug-likeness (QED) is 0.340. The number of para-hydroxylation sites is 1. The number of ether oxygens (including phenoxy) is 2. The van der Waals surface area contributed by atoms with Crippen molar-refractivity contribution in [3.8, 4) is 23.1 Å². The Morgan fingerprint density at radius 1 is 1.15 bits per heavy atom. The summed E-state index contributed by atoms with van der Waals surface area (Å²) in [6.07, 6.45) is 5.54. The second-order valence-electron chi connectivity index (χ2n) is 9.05. The van der Waals surface area contributed by atoms with Gasteiger partial charge in [0, 0.05) is 19.6 Å². The average Bonchev–Trinajstić information content (AvgIpc) is 3.63. The third kappa shape index (κ3) is 6.27. The van der Waals surface area contributed by atoms with E-state index in [1.165, 1.54) is 12.8 Å². The maximum Gasteiger partial charge on any atom is 0.227 e. The van der Waals surface area contributed by atoms with Crippen molar-refractivity contribution >= 4 is 0 Å². The number of hydrogen-bond acceptors (Lipinski definition) is 5. The Labute approximate surface area is 202 Å². The van der Waals surface area contributed by atoms with Crippen molar-refractivity contribution < 1.29 is 14.6 Å². The fourth-order valence-electron chi connectivity index (χ4n) is 4.12. The average molecular weight is 462 g/mol. The third-order valence-corrected chi connectivity index (χ3v) is 6.18. The molecule has 1 atom stereocenters. The molecule has 1 aliphatic rings. The molecule has 2 aromatic carbocycles. The lowest BCUT2D eigenvalue weighted by Gasteiger charge is -2.25. The normalized spacial score (nSPS) is 14.2. The van der Waals surface area contributed by atoms with E-state index in [9.17, 15) is 5.11 Å². The molecule has 1 fully saturated rings. The van der Waals surface area contributed by atoms with Crippen molar-refractivity contribution in [1.29, 1.82) is 0 Å². The lowest BCUT2D eigenvalue weighted by molar-refractivity contribution is 0.0991. The Bertz CT molecular complexity index is 1060. The summed E-state index contributed by atoms with van der Waals surface area (Å²) in [5, 5.41) is 15.5. The van der Waals surface area contributed by atoms with Crippen LogP contribution in [0.3, 0.4) is 0 Å². The predicted molar refractivity (Wildman–Crippen MR) is 135 cm³/mol. The first kappa shape index (κ1) is 24.0. The molecule has 0 aliphatic heterocycles. The molecule has 0 saturated heterocycles. The Balaban J connectivity index is 1.65. The maximum absolute atomic E-state index is 10.6. The van der Waals surface area contributed by atoms with Crippen LogP contribution in [0.1, 0.15) is 36.9 Å². The molecule has 3 aromatic rings. The Morgan fingerprint density at radius 3 is 2.50 bits per heavy atom. The van der Waals surface area contributed by atoms with Gasteiger partial charge in [-0.2, -0.15) is 5.10 Å². The summed E-state index contributed by atoms with van der Waals surface area (Å²) in [7, 11) is 1.65. The highest BCUT2D eigenvalue weighted by Gasteiger charge is 2.28. The second kappa shape index (κ2) is 11.4. The zero-order valence-electron chi connectivity index (χ0n) is 20.2. The number of aryl methyl sites for hydroxylation is 1. The van der Waals surface area contributed by atoms with Gasteiger partial charge in [-0.3, -0.25) is 4.90 Å². The molecule has 0 spiro atoms. The summed E-state index contributed by atoms with van der Waals surface area (Å²) >= 11 is 0. The molecule has 6 nitrogen and oxygen atoms in total. The number of aromatic nitrogens is 2. The molecule has 1 heterocycles. The molecule has 1 aromatic heterocycles. The fourth-order valence-corrected chi connectivity index (χ4v) is 4.12. The minimum atomic E-state index is -0.382. The number of methoxy groups -OCH3 is 1. The van der Waals surface area contributed by atoms with Crippen LogP contribution in [0.4, 0.5) is 0 Å². The van der Waals surface area contributed by atoms with E-state index in [1.54, 1.807) is 7.11 Å². The molecule has 4 rings (SSSR count). The summed E-state index contributed by atoms with van der Waals surface area (Å²) in [5.74, 6) is 2.92. The van der Waals surface area contributed by atoms with E-state index >= 15 is 0 Å². The first-order valence-electron chi connectivity index (χ1n) is 12.0. The lowest BCUT2D eigenvalue weighted by atomic mass is 10.1. The molecular formula is C28H35N3O3. The zero-order valence-corrected chi connectivity index (χ0v) is 20.2. The predicted octanol–water partition coefficient (Wildman–Crippen LogP) is 5.52. The lowest BCUT2D eigenvalue weighted by Crippen LogP contribution is -2.34. The van der Waals surface area contributed by atoms with Crippen LogP contribution >= 0.6 is 0 Å². The summed E-state index contributed by atoms with van der Waals surface area (Å²) in [6, 6.07) is 17.6. The summed E-state index contributed by atoms with van der Waals surface area (Å²) in [4.78, 5) is 2.35. The Hall–Kier alpha value is -3.09. The summed E-state index contributed by atoms with van der Waals surface area (Å²) < 4.78 is 13.6. The summed E-state index contributed by atoms with van der Waals surface area (Å²) in [6.45, 7) is 8.09. The topological polar surface area (TPSA) is 59.8 Å². The third-order valence-electron chi connectivity index (χ3n) is 6.18. The van der Waals surface area contributed by atoms with Gasteiger partial charge in [-0.1, -0.05) is 24.3 Å². The van der Waals surface area contributed by atoms with Gasteiger partial charge in [0.15, 0.2) is 0 Å². The molecule has 180 valence electrons. The van der Waals surface area contributed by atoms with Gasteiger partial charge in [0.05, 0.1) is 30.2 Å². The van der Waals surface area contributed by atoms with Crippen LogP contribution < -0.4 is 9.47 Å². The van der Waals surface area contributed by atoms with E-state index < -0.39 is 0 Å². The van der Waals surface area contributed by atoms with E-state index in [0.717, 1.165) is 47.8 Å². The highest BCUT2D eigenvalue weighted by atomic mass is 16.5. The Kier molecular flexibility index (Phi) is 8.03. The smallest absolute Gasteiger partial charge is 0.227 e. The van der Waals surface area contributed by atoms with Crippen molar-refractivity contribution in [2.45, 2.75) is 45.3 Å². The van der Waals surface area contributed by atoms with Crippen LogP contribution in [-0.4, -0.2) is 46.1 Å². The van der Waals surface area contributed by atoms with E-state index in [-0.39, 0.29) is 6.10 Å². The molecule has 0 bridgehead atoms. The molecule has 1 saturated carbocycles. The number of rotatable bonds is 13. The van der Waals surface area contributed by atoms with Crippen molar-refractivity contribution in [1.82, 2.24) is 14.7 Å². The molecule has 0 radical (unpaired) electrons. The number of aliphatic hydroxyl groups excluding tert-OH is 1. The van der Waals surface area contributed by atoms with Crippen LogP contribution in [0.5, 0.6) is 17.4 Å². The van der Waals surface area contributed by atoms with Gasteiger partial charge >= 0.3 is 0 Å². The second-order valence-corrected chi connectivity index (χ2v) is 9.05. The zero-order chi connectivity index (χ0) is 23.9. The number of aliphatic hydroxyl groups is 1. The van der Waals surface area contributed by atoms with Crippen molar-refractivity contribution in [2.24, 2.45) is 5.92 Å². The van der Waals surface area contributed by atoms with E-state index in [4.69, 9.17) is 14.6 Å². The van der Waals surface area contributed by atoms with E-state index in [1.807, 2.05) is 72.3 Å². The fraction of sp³-hybridized carbons (Fsp3) is 0.393. The molecule has 0 amide bonds. The largest absolute Gasteiger partial charge is 0.497 e. The highest BCUT2D eigenvalue weighted by molar-refractivity contribution is 5.44. The van der Waals surface area contributed by atoms with Gasteiger partial charge in [-0.25, -0.2) is 4.68 Å². The van der Waals surface area contributed by atoms with Crippen LogP contribution in [0.15, 0.2) is 67.3 Å². The van der Waals surface area contributed by atoms with Crippen LogP contribution in [-0.2, 0) is 6.54 Å². The number of nitrogens with zero attached hydrogens (tertiary/aromatic N) is 3. The minimum absolute atomic E-state index is 0.382. The standard InChI is InChI=1S/C28H35N3O3/c1-4-5-11-24(32)19-30(18-22-12-13-22)20-27-21(2)29-31(23-9-7-6-8-10-23)28(27)34-26-16-14-25(33-3)15-17-26/h4,6-10,14-17,22,24,32H,1,5,11-13,18-20H2,2-3H3. The van der Waals surface area contributed by atoms with Crippen LogP contribution in [0, 0.1) is 12.8 Å². The van der Waals surface area contributed by atoms with Crippen molar-refractivity contribution in [3.05, 3.63) is 78.5 Å². The minimum Gasteiger partial charge on any atom is -0.497 e. The monoisotopic (exact) mass is 461 g/mol. The van der Waals surface area contributed by atoms with Gasteiger partial charge < -0.3 is 14.6 Å². The van der Waals surface area contributed by atoms with Gasteiger partial charge in [0.1, 0.15) is 11.5 Å². The van der Waals surface area contributed by atoms with Crippen LogP contribution in [0.2, 0.25) is 0 Å². The Morgan fingerprint density at radius 2 is 1.85 bits per heavy atom. The molecule has 6 heteroatoms. The maximum atomic E-state index is 10.6. The van der Waals surface area contributed by atoms with E-state index in [0.29, 0.717) is 24.9 Å². The first-order valence-corrected chi connectivity index (χ1v) is 12.0. The molecule has 1 N–H and O–H groups in total. The number of allylic oxidation sites excluding steroid dienone is 1. The number of benzene rings is 2. The van der Waals surface area contributed by atoms with Crippen molar-refractivity contribution in [3.63, 3.8) is 0 Å². The molecular weight excluding hydrogens is 426 g/mol. The molecule has 1 unspecified atom stereocenters. The SMILES string of the molecule is C=CCCC(O)CN(Cc1c(C)nn(-c2ccccc2)c1Oc1ccc(OC)cc1)CC1CC1. The number of hydrogen-bond donors (Lipinski definition) is 1. The summed E-state index contributed by atoms with van der Waals surface area (Å²) in [5.41, 5.74) is 2.91.